The van der Waals surface area contributed by atoms with Crippen molar-refractivity contribution in [3.63, 3.8) is 0 Å². The highest BCUT2D eigenvalue weighted by molar-refractivity contribution is 5.93. The van der Waals surface area contributed by atoms with E-state index < -0.39 is 0 Å². The molecule has 0 atom stereocenters. The van der Waals surface area contributed by atoms with Crippen molar-refractivity contribution in [1.29, 1.82) is 0 Å². The lowest BCUT2D eigenvalue weighted by atomic mass is 10.1. The number of likely N-dealkylation sites (N-methyl/N-ethyl adjacent to an activating group) is 1. The Kier molecular flexibility index (Phi) is 5.50. The zero-order valence-corrected chi connectivity index (χ0v) is 15.8. The Bertz CT molecular complexity index is 1010. The fraction of sp³-hybridized carbons (Fsp3) is 0.227. The second-order valence-corrected chi connectivity index (χ2v) is 6.56. The molecule has 1 amide bonds. The van der Waals surface area contributed by atoms with Gasteiger partial charge in [-0.25, -0.2) is 4.68 Å². The summed E-state index contributed by atoms with van der Waals surface area (Å²) in [5.74, 6) is -0.168. The first-order chi connectivity index (χ1) is 13.0. The second-order valence-electron chi connectivity index (χ2n) is 6.56. The van der Waals surface area contributed by atoms with Gasteiger partial charge in [-0.2, -0.15) is 5.10 Å². The Morgan fingerprint density at radius 3 is 2.41 bits per heavy atom. The highest BCUT2D eigenvalue weighted by Gasteiger charge is 2.16. The normalized spacial score (nSPS) is 10.6. The third-order valence-corrected chi connectivity index (χ3v) is 4.43. The first-order valence-corrected chi connectivity index (χ1v) is 9.00. The summed E-state index contributed by atoms with van der Waals surface area (Å²) in [6.07, 6.45) is 0. The standard InChI is InChI=1S/C22H23N3O2/c1-4-24(19-7-5-6-17(3)14-19)22(27)15-25-21(26)13-12-20(23-25)18-10-8-16(2)9-11-18/h5-14H,4,15H2,1-3H3. The first kappa shape index (κ1) is 18.6. The van der Waals surface area contributed by atoms with E-state index in [1.54, 1.807) is 11.0 Å². The molecule has 0 spiro atoms. The minimum atomic E-state index is -0.292. The molecule has 0 bridgehead atoms. The van der Waals surface area contributed by atoms with Crippen LogP contribution < -0.4 is 10.5 Å². The number of benzene rings is 2. The van der Waals surface area contributed by atoms with Crippen LogP contribution in [0.1, 0.15) is 18.1 Å². The van der Waals surface area contributed by atoms with Gasteiger partial charge in [0.2, 0.25) is 5.91 Å². The molecule has 2 aromatic carbocycles. The van der Waals surface area contributed by atoms with Crippen LogP contribution in [0.2, 0.25) is 0 Å². The molecule has 5 heteroatoms. The quantitative estimate of drug-likeness (QED) is 0.698. The van der Waals surface area contributed by atoms with Gasteiger partial charge in [0.15, 0.2) is 0 Å². The minimum absolute atomic E-state index is 0.0969. The zero-order chi connectivity index (χ0) is 19.4. The monoisotopic (exact) mass is 361 g/mol. The molecule has 0 aliphatic rings. The Morgan fingerprint density at radius 1 is 1.00 bits per heavy atom. The number of nitrogens with zero attached hydrogens (tertiary/aromatic N) is 3. The van der Waals surface area contributed by atoms with Crippen molar-refractivity contribution in [2.45, 2.75) is 27.3 Å². The summed E-state index contributed by atoms with van der Waals surface area (Å²) in [4.78, 5) is 26.7. The van der Waals surface area contributed by atoms with Crippen molar-refractivity contribution in [2.24, 2.45) is 0 Å². The maximum absolute atomic E-state index is 12.8. The van der Waals surface area contributed by atoms with Gasteiger partial charge in [-0.05, 0) is 44.5 Å². The van der Waals surface area contributed by atoms with Crippen molar-refractivity contribution < 1.29 is 4.79 Å². The van der Waals surface area contributed by atoms with Gasteiger partial charge in [-0.3, -0.25) is 9.59 Å². The van der Waals surface area contributed by atoms with Crippen LogP contribution in [0.25, 0.3) is 11.3 Å². The predicted molar refractivity (Wildman–Crippen MR) is 108 cm³/mol. The van der Waals surface area contributed by atoms with Gasteiger partial charge in [0.1, 0.15) is 6.54 Å². The van der Waals surface area contributed by atoms with Gasteiger partial charge in [-0.15, -0.1) is 0 Å². The van der Waals surface area contributed by atoms with Crippen molar-refractivity contribution >= 4 is 11.6 Å². The van der Waals surface area contributed by atoms with Gasteiger partial charge < -0.3 is 4.90 Å². The minimum Gasteiger partial charge on any atom is -0.311 e. The van der Waals surface area contributed by atoms with Crippen LogP contribution in [0.15, 0.2) is 65.5 Å². The molecule has 0 fully saturated rings. The van der Waals surface area contributed by atoms with Gasteiger partial charge in [0.25, 0.3) is 5.56 Å². The van der Waals surface area contributed by atoms with Crippen molar-refractivity contribution in [2.75, 3.05) is 11.4 Å². The maximum Gasteiger partial charge on any atom is 0.267 e. The summed E-state index contributed by atoms with van der Waals surface area (Å²) < 4.78 is 1.23. The van der Waals surface area contributed by atoms with E-state index in [0.29, 0.717) is 12.2 Å². The lowest BCUT2D eigenvalue weighted by Gasteiger charge is -2.21. The number of aromatic nitrogens is 2. The third-order valence-electron chi connectivity index (χ3n) is 4.43. The highest BCUT2D eigenvalue weighted by atomic mass is 16.2. The molecule has 138 valence electrons. The zero-order valence-electron chi connectivity index (χ0n) is 15.8. The van der Waals surface area contributed by atoms with E-state index >= 15 is 0 Å². The average molecular weight is 361 g/mol. The number of rotatable bonds is 5. The van der Waals surface area contributed by atoms with Crippen LogP contribution in [0.3, 0.4) is 0 Å². The molecule has 0 N–H and O–H groups in total. The van der Waals surface area contributed by atoms with Crippen LogP contribution in [0.4, 0.5) is 5.69 Å². The predicted octanol–water partition coefficient (Wildman–Crippen LogP) is 3.58. The van der Waals surface area contributed by atoms with Crippen molar-refractivity contribution in [3.05, 3.63) is 82.1 Å². The van der Waals surface area contributed by atoms with E-state index in [1.165, 1.54) is 10.7 Å². The third kappa shape index (κ3) is 4.31. The molecule has 3 aromatic rings. The number of hydrogen-bond donors (Lipinski definition) is 0. The molecule has 5 nitrogen and oxygen atoms in total. The first-order valence-electron chi connectivity index (χ1n) is 9.00. The van der Waals surface area contributed by atoms with E-state index in [-0.39, 0.29) is 18.0 Å². The highest BCUT2D eigenvalue weighted by Crippen LogP contribution is 2.17. The molecule has 0 saturated heterocycles. The summed E-state index contributed by atoms with van der Waals surface area (Å²) >= 11 is 0. The summed E-state index contributed by atoms with van der Waals surface area (Å²) in [5, 5.41) is 4.40. The molecule has 3 rings (SSSR count). The summed E-state index contributed by atoms with van der Waals surface area (Å²) in [6, 6.07) is 18.8. The number of carbonyl (C=O) groups excluding carboxylic acids is 1. The Hall–Kier alpha value is -3.21. The van der Waals surface area contributed by atoms with Crippen molar-refractivity contribution in [3.8, 4) is 11.3 Å². The van der Waals surface area contributed by atoms with E-state index in [0.717, 1.165) is 22.4 Å². The van der Waals surface area contributed by atoms with Crippen LogP contribution in [-0.2, 0) is 11.3 Å². The number of hydrogen-bond acceptors (Lipinski definition) is 3. The Balaban J connectivity index is 1.87. The number of anilines is 1. The van der Waals surface area contributed by atoms with Gasteiger partial charge >= 0.3 is 0 Å². The van der Waals surface area contributed by atoms with Crippen LogP contribution in [0, 0.1) is 13.8 Å². The number of aryl methyl sites for hydroxylation is 2. The lowest BCUT2D eigenvalue weighted by Crippen LogP contribution is -2.37. The largest absolute Gasteiger partial charge is 0.311 e. The van der Waals surface area contributed by atoms with E-state index in [9.17, 15) is 9.59 Å². The molecule has 0 aliphatic heterocycles. The SMILES string of the molecule is CCN(C(=O)Cn1nc(-c2ccc(C)cc2)ccc1=O)c1cccc(C)c1. The van der Waals surface area contributed by atoms with Crippen LogP contribution >= 0.6 is 0 Å². The Morgan fingerprint density at radius 2 is 1.74 bits per heavy atom. The fourth-order valence-corrected chi connectivity index (χ4v) is 2.95. The fourth-order valence-electron chi connectivity index (χ4n) is 2.95. The number of amides is 1. The summed E-state index contributed by atoms with van der Waals surface area (Å²) in [5.41, 5.74) is 4.34. The number of carbonyl (C=O) groups is 1. The van der Waals surface area contributed by atoms with Gasteiger partial charge in [0, 0.05) is 23.9 Å². The van der Waals surface area contributed by atoms with E-state index in [2.05, 4.69) is 5.10 Å². The van der Waals surface area contributed by atoms with Crippen LogP contribution in [0.5, 0.6) is 0 Å². The van der Waals surface area contributed by atoms with Gasteiger partial charge in [0.05, 0.1) is 5.69 Å². The summed E-state index contributed by atoms with van der Waals surface area (Å²) in [7, 11) is 0. The van der Waals surface area contributed by atoms with E-state index in [1.807, 2.05) is 69.3 Å². The smallest absolute Gasteiger partial charge is 0.267 e. The molecule has 27 heavy (non-hydrogen) atoms. The summed E-state index contributed by atoms with van der Waals surface area (Å²) in [6.45, 7) is 6.34. The molecule has 0 saturated carbocycles. The molecule has 1 aromatic heterocycles. The van der Waals surface area contributed by atoms with Crippen LogP contribution in [-0.4, -0.2) is 22.2 Å². The molecule has 0 radical (unpaired) electrons. The molecular weight excluding hydrogens is 338 g/mol. The topological polar surface area (TPSA) is 55.2 Å². The Labute approximate surface area is 158 Å². The van der Waals surface area contributed by atoms with Crippen molar-refractivity contribution in [1.82, 2.24) is 9.78 Å². The molecule has 0 aliphatic carbocycles. The molecule has 1 heterocycles. The lowest BCUT2D eigenvalue weighted by molar-refractivity contribution is -0.119. The van der Waals surface area contributed by atoms with E-state index in [4.69, 9.17) is 0 Å². The second kappa shape index (κ2) is 7.99. The van der Waals surface area contributed by atoms with Gasteiger partial charge in [-0.1, -0.05) is 42.0 Å². The molecular formula is C22H23N3O2. The average Bonchev–Trinajstić information content (AvgIpc) is 2.65. The maximum atomic E-state index is 12.8. The molecule has 0 unspecified atom stereocenters.